The van der Waals surface area contributed by atoms with Crippen LogP contribution in [-0.4, -0.2) is 29.8 Å². The Hall–Kier alpha value is -3.08. The van der Waals surface area contributed by atoms with Gasteiger partial charge in [0.25, 0.3) is 0 Å². The van der Waals surface area contributed by atoms with Crippen LogP contribution in [0.25, 0.3) is 11.1 Å². The van der Waals surface area contributed by atoms with Gasteiger partial charge in [-0.3, -0.25) is 4.79 Å². The molecule has 2 N–H and O–H groups in total. The first kappa shape index (κ1) is 16.8. The summed E-state index contributed by atoms with van der Waals surface area (Å²) in [4.78, 5) is 22.8. The molecule has 5 nitrogen and oxygen atoms in total. The first-order chi connectivity index (χ1) is 12.1. The van der Waals surface area contributed by atoms with Gasteiger partial charge in [0.15, 0.2) is 0 Å². The number of benzene rings is 2. The van der Waals surface area contributed by atoms with E-state index in [1.54, 1.807) is 0 Å². The topological polar surface area (TPSA) is 75.6 Å². The molecule has 3 rings (SSSR count). The molecule has 1 amide bonds. The Labute approximate surface area is 145 Å². The molecule has 0 aromatic heterocycles. The van der Waals surface area contributed by atoms with Crippen molar-refractivity contribution in [2.45, 2.75) is 18.4 Å². The molecule has 0 heterocycles. The first-order valence-electron chi connectivity index (χ1n) is 8.06. The zero-order valence-corrected chi connectivity index (χ0v) is 13.6. The molecule has 1 aliphatic carbocycles. The van der Waals surface area contributed by atoms with Crippen molar-refractivity contribution in [2.75, 3.05) is 6.61 Å². The number of carbonyl (C=O) groups is 2. The van der Waals surface area contributed by atoms with E-state index in [0.717, 1.165) is 22.3 Å². The molecule has 25 heavy (non-hydrogen) atoms. The number of hydrogen-bond acceptors (Lipinski definition) is 3. The minimum absolute atomic E-state index is 0.0280. The summed E-state index contributed by atoms with van der Waals surface area (Å²) in [7, 11) is 0. The maximum atomic E-state index is 12.0. The van der Waals surface area contributed by atoms with Crippen LogP contribution in [0, 0.1) is 0 Å². The van der Waals surface area contributed by atoms with Crippen molar-refractivity contribution in [1.29, 1.82) is 0 Å². The Morgan fingerprint density at radius 3 is 2.20 bits per heavy atom. The average Bonchev–Trinajstić information content (AvgIpc) is 2.93. The van der Waals surface area contributed by atoms with Crippen molar-refractivity contribution in [1.82, 2.24) is 5.32 Å². The largest absolute Gasteiger partial charge is 0.481 e. The molecular weight excluding hydrogens is 318 g/mol. The van der Waals surface area contributed by atoms with Crippen LogP contribution in [0.1, 0.15) is 23.5 Å². The van der Waals surface area contributed by atoms with Gasteiger partial charge >= 0.3 is 12.1 Å². The molecule has 2 aromatic carbocycles. The summed E-state index contributed by atoms with van der Waals surface area (Å²) in [5.41, 5.74) is 4.56. The fraction of sp³-hybridized carbons (Fsp3) is 0.200. The molecule has 2 aromatic rings. The zero-order chi connectivity index (χ0) is 17.8. The monoisotopic (exact) mass is 337 g/mol. The van der Waals surface area contributed by atoms with Crippen LogP contribution in [-0.2, 0) is 9.53 Å². The van der Waals surface area contributed by atoms with Crippen molar-refractivity contribution in [2.24, 2.45) is 0 Å². The van der Waals surface area contributed by atoms with Gasteiger partial charge in [-0.1, -0.05) is 54.6 Å². The number of fused-ring (bicyclic) bond motifs is 3. The number of rotatable bonds is 6. The Morgan fingerprint density at radius 2 is 1.68 bits per heavy atom. The van der Waals surface area contributed by atoms with Crippen LogP contribution < -0.4 is 5.32 Å². The molecule has 1 unspecified atom stereocenters. The molecule has 0 saturated carbocycles. The third-order valence-corrected chi connectivity index (χ3v) is 4.33. The van der Waals surface area contributed by atoms with Gasteiger partial charge in [-0.05, 0) is 22.3 Å². The number of carbonyl (C=O) groups excluding carboxylic acids is 1. The highest BCUT2D eigenvalue weighted by atomic mass is 16.5. The van der Waals surface area contributed by atoms with Crippen LogP contribution in [0.15, 0.2) is 61.2 Å². The normalized spacial score (nSPS) is 13.4. The number of amides is 1. The summed E-state index contributed by atoms with van der Waals surface area (Å²) in [6.45, 7) is 3.72. The van der Waals surface area contributed by atoms with Gasteiger partial charge in [0, 0.05) is 5.92 Å². The molecule has 0 radical (unpaired) electrons. The Balaban J connectivity index is 1.70. The lowest BCUT2D eigenvalue weighted by Crippen LogP contribution is -2.36. The van der Waals surface area contributed by atoms with E-state index in [-0.39, 0.29) is 18.9 Å². The molecule has 0 bridgehead atoms. The van der Waals surface area contributed by atoms with Gasteiger partial charge < -0.3 is 15.2 Å². The highest BCUT2D eigenvalue weighted by Crippen LogP contribution is 2.44. The van der Waals surface area contributed by atoms with Gasteiger partial charge in [-0.2, -0.15) is 0 Å². The van der Waals surface area contributed by atoms with E-state index in [4.69, 9.17) is 9.84 Å². The molecule has 0 fully saturated rings. The van der Waals surface area contributed by atoms with Crippen LogP contribution in [0.2, 0.25) is 0 Å². The molecule has 0 spiro atoms. The molecule has 1 atom stereocenters. The SMILES string of the molecule is C=CC(CC(=O)O)NC(=O)OCC1c2ccccc2-c2ccccc21. The summed E-state index contributed by atoms with van der Waals surface area (Å²) in [5.74, 6) is -1.04. The molecule has 5 heteroatoms. The van der Waals surface area contributed by atoms with Crippen molar-refractivity contribution in [3.63, 3.8) is 0 Å². The summed E-state index contributed by atoms with van der Waals surface area (Å²) < 4.78 is 5.36. The third-order valence-electron chi connectivity index (χ3n) is 4.33. The van der Waals surface area contributed by atoms with E-state index in [9.17, 15) is 9.59 Å². The number of aliphatic carboxylic acids is 1. The van der Waals surface area contributed by atoms with Gasteiger partial charge in [0.05, 0.1) is 12.5 Å². The Kier molecular flexibility index (Phi) is 4.84. The smallest absolute Gasteiger partial charge is 0.407 e. The van der Waals surface area contributed by atoms with Crippen molar-refractivity contribution in [3.05, 3.63) is 72.3 Å². The predicted molar refractivity (Wildman–Crippen MR) is 94.4 cm³/mol. The van der Waals surface area contributed by atoms with E-state index in [1.807, 2.05) is 36.4 Å². The number of alkyl carbamates (subject to hydrolysis) is 1. The minimum atomic E-state index is -1.01. The van der Waals surface area contributed by atoms with Crippen LogP contribution >= 0.6 is 0 Å². The van der Waals surface area contributed by atoms with Gasteiger partial charge in [-0.15, -0.1) is 6.58 Å². The number of carboxylic acids is 1. The maximum absolute atomic E-state index is 12.0. The number of carboxylic acid groups (broad SMARTS) is 1. The summed E-state index contributed by atoms with van der Waals surface area (Å²) >= 11 is 0. The molecule has 0 saturated heterocycles. The second kappa shape index (κ2) is 7.21. The lowest BCUT2D eigenvalue weighted by atomic mass is 9.98. The minimum Gasteiger partial charge on any atom is -0.481 e. The van der Waals surface area contributed by atoms with E-state index >= 15 is 0 Å². The maximum Gasteiger partial charge on any atom is 0.407 e. The van der Waals surface area contributed by atoms with Crippen molar-refractivity contribution in [3.8, 4) is 11.1 Å². The van der Waals surface area contributed by atoms with Crippen LogP contribution in [0.3, 0.4) is 0 Å². The summed E-state index contributed by atoms with van der Waals surface area (Å²) in [6, 6.07) is 15.5. The fourth-order valence-electron chi connectivity index (χ4n) is 3.17. The van der Waals surface area contributed by atoms with E-state index in [2.05, 4.69) is 24.0 Å². The summed E-state index contributed by atoms with van der Waals surface area (Å²) in [6.07, 6.45) is 0.511. The van der Waals surface area contributed by atoms with E-state index in [0.29, 0.717) is 0 Å². The van der Waals surface area contributed by atoms with Crippen LogP contribution in [0.5, 0.6) is 0 Å². The van der Waals surface area contributed by atoms with Crippen LogP contribution in [0.4, 0.5) is 4.79 Å². The Morgan fingerprint density at radius 1 is 1.12 bits per heavy atom. The number of ether oxygens (including phenoxy) is 1. The van der Waals surface area contributed by atoms with Gasteiger partial charge in [-0.25, -0.2) is 4.79 Å². The zero-order valence-electron chi connectivity index (χ0n) is 13.6. The molecule has 0 aliphatic heterocycles. The highest BCUT2D eigenvalue weighted by Gasteiger charge is 2.29. The van der Waals surface area contributed by atoms with Gasteiger partial charge in [0.2, 0.25) is 0 Å². The first-order valence-corrected chi connectivity index (χ1v) is 8.06. The second-order valence-corrected chi connectivity index (χ2v) is 5.91. The molecule has 1 aliphatic rings. The number of nitrogens with one attached hydrogen (secondary N) is 1. The predicted octanol–water partition coefficient (Wildman–Crippen LogP) is 3.55. The fourth-order valence-corrected chi connectivity index (χ4v) is 3.17. The van der Waals surface area contributed by atoms with E-state index < -0.39 is 18.1 Å². The lowest BCUT2D eigenvalue weighted by molar-refractivity contribution is -0.137. The van der Waals surface area contributed by atoms with Crippen molar-refractivity contribution < 1.29 is 19.4 Å². The number of hydrogen-bond donors (Lipinski definition) is 2. The second-order valence-electron chi connectivity index (χ2n) is 5.91. The quantitative estimate of drug-likeness (QED) is 0.790. The van der Waals surface area contributed by atoms with Gasteiger partial charge in [0.1, 0.15) is 6.61 Å². The Bertz CT molecular complexity index is 769. The third kappa shape index (κ3) is 3.55. The molecule has 128 valence electrons. The van der Waals surface area contributed by atoms with E-state index in [1.165, 1.54) is 6.08 Å². The average molecular weight is 337 g/mol. The standard InChI is InChI=1S/C20H19NO4/c1-2-13(11-19(22)23)21-20(24)25-12-18-16-9-5-3-7-14(16)15-8-4-6-10-17(15)18/h2-10,13,18H,1,11-12H2,(H,21,24)(H,22,23). The lowest BCUT2D eigenvalue weighted by Gasteiger charge is -2.16. The highest BCUT2D eigenvalue weighted by molar-refractivity contribution is 5.79. The van der Waals surface area contributed by atoms with Crippen molar-refractivity contribution >= 4 is 12.1 Å². The summed E-state index contributed by atoms with van der Waals surface area (Å²) in [5, 5.41) is 11.3. The molecular formula is C20H19NO4.